The van der Waals surface area contributed by atoms with Crippen LogP contribution in [0.4, 0.5) is 17.3 Å². The Balaban J connectivity index is 2.28. The van der Waals surface area contributed by atoms with Crippen molar-refractivity contribution in [1.82, 2.24) is 9.97 Å². The number of rotatable bonds is 3. The van der Waals surface area contributed by atoms with Gasteiger partial charge in [-0.25, -0.2) is 4.98 Å². The van der Waals surface area contributed by atoms with Crippen LogP contribution < -0.4 is 16.6 Å². The first kappa shape index (κ1) is 12.2. The molecule has 0 aliphatic rings. The van der Waals surface area contributed by atoms with E-state index >= 15 is 0 Å². The monoisotopic (exact) mass is 244 g/mol. The topological polar surface area (TPSA) is 83.8 Å². The van der Waals surface area contributed by atoms with E-state index in [4.69, 9.17) is 5.73 Å². The Bertz CT molecular complexity index is 587. The van der Waals surface area contributed by atoms with E-state index in [0.717, 1.165) is 11.4 Å². The van der Waals surface area contributed by atoms with Gasteiger partial charge < -0.3 is 11.1 Å². The van der Waals surface area contributed by atoms with Crippen LogP contribution >= 0.6 is 0 Å². The Labute approximate surface area is 105 Å². The molecule has 0 radical (unpaired) electrons. The van der Waals surface area contributed by atoms with Crippen molar-refractivity contribution in [1.29, 1.82) is 0 Å². The number of aromatic nitrogens is 2. The molecule has 0 amide bonds. The molecule has 1 aromatic carbocycles. The highest BCUT2D eigenvalue weighted by atomic mass is 16.1. The minimum absolute atomic E-state index is 0.161. The number of hydrogen-bond donors (Lipinski definition) is 3. The average Bonchev–Trinajstić information content (AvgIpc) is 2.31. The Hall–Kier alpha value is -2.30. The lowest BCUT2D eigenvalue weighted by molar-refractivity contribution is 0.812. The number of nitrogen functional groups attached to an aromatic ring is 1. The van der Waals surface area contributed by atoms with Gasteiger partial charge in [0, 0.05) is 17.4 Å². The van der Waals surface area contributed by atoms with Gasteiger partial charge in [-0.15, -0.1) is 0 Å². The maximum atomic E-state index is 11.5. The fourth-order valence-electron chi connectivity index (χ4n) is 1.53. The van der Waals surface area contributed by atoms with Crippen molar-refractivity contribution in [2.45, 2.75) is 19.8 Å². The summed E-state index contributed by atoms with van der Waals surface area (Å²) in [5.74, 6) is 0.648. The van der Waals surface area contributed by atoms with Gasteiger partial charge in [-0.1, -0.05) is 13.8 Å². The van der Waals surface area contributed by atoms with E-state index < -0.39 is 0 Å². The molecule has 1 heterocycles. The third kappa shape index (κ3) is 2.88. The van der Waals surface area contributed by atoms with E-state index in [2.05, 4.69) is 15.3 Å². The molecule has 94 valence electrons. The predicted octanol–water partition coefficient (Wildman–Crippen LogP) is 2.22. The summed E-state index contributed by atoms with van der Waals surface area (Å²) >= 11 is 0. The second-order valence-corrected chi connectivity index (χ2v) is 4.42. The Morgan fingerprint density at radius 3 is 2.56 bits per heavy atom. The van der Waals surface area contributed by atoms with E-state index in [1.165, 1.54) is 6.07 Å². The molecule has 5 heteroatoms. The second kappa shape index (κ2) is 4.91. The molecule has 18 heavy (non-hydrogen) atoms. The molecule has 0 saturated carbocycles. The minimum atomic E-state index is -0.161. The zero-order valence-electron chi connectivity index (χ0n) is 10.4. The minimum Gasteiger partial charge on any atom is -0.399 e. The normalized spacial score (nSPS) is 10.6. The standard InChI is InChI=1S/C13H16N4O/c1-8(2)11-7-12(18)17-13(16-11)15-10-5-3-9(14)4-6-10/h3-8H,14H2,1-2H3,(H2,15,16,17,18). The lowest BCUT2D eigenvalue weighted by Crippen LogP contribution is -2.12. The lowest BCUT2D eigenvalue weighted by Gasteiger charge is -2.08. The third-order valence-corrected chi connectivity index (χ3v) is 2.53. The van der Waals surface area contributed by atoms with Crippen molar-refractivity contribution >= 4 is 17.3 Å². The summed E-state index contributed by atoms with van der Waals surface area (Å²) in [5, 5.41) is 3.04. The molecule has 0 fully saturated rings. The maximum Gasteiger partial charge on any atom is 0.252 e. The Morgan fingerprint density at radius 1 is 1.28 bits per heavy atom. The van der Waals surface area contributed by atoms with Crippen LogP contribution in [0, 0.1) is 0 Å². The first-order chi connectivity index (χ1) is 8.54. The van der Waals surface area contributed by atoms with E-state index in [9.17, 15) is 4.79 Å². The molecule has 0 aliphatic carbocycles. The van der Waals surface area contributed by atoms with Crippen LogP contribution in [0.25, 0.3) is 0 Å². The molecular formula is C13H16N4O. The molecular weight excluding hydrogens is 228 g/mol. The number of H-pyrrole nitrogens is 1. The molecule has 0 saturated heterocycles. The summed E-state index contributed by atoms with van der Waals surface area (Å²) in [6, 6.07) is 8.74. The summed E-state index contributed by atoms with van der Waals surface area (Å²) in [6.07, 6.45) is 0. The molecule has 0 unspecified atom stereocenters. The largest absolute Gasteiger partial charge is 0.399 e. The molecule has 2 aromatic rings. The molecule has 0 bridgehead atoms. The number of nitrogens with zero attached hydrogens (tertiary/aromatic N) is 1. The number of aromatic amines is 1. The lowest BCUT2D eigenvalue weighted by atomic mass is 10.1. The van der Waals surface area contributed by atoms with E-state index in [1.54, 1.807) is 12.1 Å². The molecule has 1 aromatic heterocycles. The van der Waals surface area contributed by atoms with Crippen LogP contribution in [0.2, 0.25) is 0 Å². The number of anilines is 3. The molecule has 5 nitrogen and oxygen atoms in total. The second-order valence-electron chi connectivity index (χ2n) is 4.42. The molecule has 0 atom stereocenters. The van der Waals surface area contributed by atoms with Crippen molar-refractivity contribution in [3.8, 4) is 0 Å². The number of benzene rings is 1. The SMILES string of the molecule is CC(C)c1cc(=O)[nH]c(Nc2ccc(N)cc2)n1. The van der Waals surface area contributed by atoms with Crippen LogP contribution in [0.3, 0.4) is 0 Å². The summed E-state index contributed by atoms with van der Waals surface area (Å²) in [5.41, 5.74) is 7.73. The van der Waals surface area contributed by atoms with Crippen LogP contribution in [0.15, 0.2) is 35.1 Å². The zero-order chi connectivity index (χ0) is 13.1. The van der Waals surface area contributed by atoms with E-state index in [0.29, 0.717) is 11.6 Å². The van der Waals surface area contributed by atoms with Gasteiger partial charge in [0.05, 0.1) is 5.69 Å². The highest BCUT2D eigenvalue weighted by molar-refractivity contribution is 5.57. The van der Waals surface area contributed by atoms with Crippen molar-refractivity contribution in [2.24, 2.45) is 0 Å². The summed E-state index contributed by atoms with van der Waals surface area (Å²) in [7, 11) is 0. The number of hydrogen-bond acceptors (Lipinski definition) is 4. The maximum absolute atomic E-state index is 11.5. The van der Waals surface area contributed by atoms with Gasteiger partial charge in [-0.3, -0.25) is 9.78 Å². The zero-order valence-corrected chi connectivity index (χ0v) is 10.4. The first-order valence-electron chi connectivity index (χ1n) is 5.78. The summed E-state index contributed by atoms with van der Waals surface area (Å²) in [6.45, 7) is 3.99. The summed E-state index contributed by atoms with van der Waals surface area (Å²) in [4.78, 5) is 18.5. The van der Waals surface area contributed by atoms with Crippen LogP contribution in [0.1, 0.15) is 25.5 Å². The highest BCUT2D eigenvalue weighted by Gasteiger charge is 2.05. The average molecular weight is 244 g/mol. The molecule has 2 rings (SSSR count). The van der Waals surface area contributed by atoms with Gasteiger partial charge in [0.15, 0.2) is 0 Å². The van der Waals surface area contributed by atoms with Gasteiger partial charge in [0.1, 0.15) is 0 Å². The van der Waals surface area contributed by atoms with Gasteiger partial charge >= 0.3 is 0 Å². The van der Waals surface area contributed by atoms with E-state index in [-0.39, 0.29) is 11.5 Å². The fraction of sp³-hybridized carbons (Fsp3) is 0.231. The van der Waals surface area contributed by atoms with Crippen molar-refractivity contribution in [3.63, 3.8) is 0 Å². The third-order valence-electron chi connectivity index (χ3n) is 2.53. The number of nitrogens with two attached hydrogens (primary N) is 1. The molecule has 4 N–H and O–H groups in total. The predicted molar refractivity (Wildman–Crippen MR) is 73.1 cm³/mol. The van der Waals surface area contributed by atoms with Gasteiger partial charge in [0.25, 0.3) is 5.56 Å². The van der Waals surface area contributed by atoms with Gasteiger partial charge in [-0.05, 0) is 30.2 Å². The van der Waals surface area contributed by atoms with Gasteiger partial charge in [0.2, 0.25) is 5.95 Å². The number of nitrogens with one attached hydrogen (secondary N) is 2. The summed E-state index contributed by atoms with van der Waals surface area (Å²) < 4.78 is 0. The van der Waals surface area contributed by atoms with Crippen LogP contribution in [-0.4, -0.2) is 9.97 Å². The van der Waals surface area contributed by atoms with Crippen molar-refractivity contribution < 1.29 is 0 Å². The molecule has 0 aliphatic heterocycles. The fourth-order valence-corrected chi connectivity index (χ4v) is 1.53. The van der Waals surface area contributed by atoms with Crippen LogP contribution in [0.5, 0.6) is 0 Å². The Kier molecular flexibility index (Phi) is 3.32. The smallest absolute Gasteiger partial charge is 0.252 e. The molecule has 0 spiro atoms. The highest BCUT2D eigenvalue weighted by Crippen LogP contribution is 2.16. The Morgan fingerprint density at radius 2 is 1.94 bits per heavy atom. The van der Waals surface area contributed by atoms with Crippen molar-refractivity contribution in [2.75, 3.05) is 11.1 Å². The van der Waals surface area contributed by atoms with Crippen LogP contribution in [-0.2, 0) is 0 Å². The van der Waals surface area contributed by atoms with Crippen molar-refractivity contribution in [3.05, 3.63) is 46.4 Å². The quantitative estimate of drug-likeness (QED) is 0.723. The first-order valence-corrected chi connectivity index (χ1v) is 5.78. The van der Waals surface area contributed by atoms with Gasteiger partial charge in [-0.2, -0.15) is 0 Å². The van der Waals surface area contributed by atoms with E-state index in [1.807, 2.05) is 26.0 Å².